The number of halogens is 3. The van der Waals surface area contributed by atoms with Crippen LogP contribution in [0.25, 0.3) is 10.8 Å². The first-order valence-electron chi connectivity index (χ1n) is 9.40. The van der Waals surface area contributed by atoms with Crippen LogP contribution in [0.2, 0.25) is 0 Å². The van der Waals surface area contributed by atoms with Crippen LogP contribution >= 0.6 is 12.2 Å². The van der Waals surface area contributed by atoms with E-state index in [2.05, 4.69) is 4.98 Å². The number of hydrogen-bond donors (Lipinski definition) is 0. The summed E-state index contributed by atoms with van der Waals surface area (Å²) in [4.78, 5) is 19.2. The Morgan fingerprint density at radius 3 is 2.52 bits per heavy atom. The third kappa shape index (κ3) is 3.94. The van der Waals surface area contributed by atoms with Gasteiger partial charge in [0.2, 0.25) is 5.91 Å². The summed E-state index contributed by atoms with van der Waals surface area (Å²) in [6.45, 7) is 0.440. The molecule has 2 aromatic carbocycles. The molecule has 0 aliphatic carbocycles. The number of carbonyl (C=O) groups is 1. The number of benzene rings is 2. The van der Waals surface area contributed by atoms with Crippen LogP contribution in [-0.2, 0) is 11.0 Å². The Morgan fingerprint density at radius 2 is 1.81 bits per heavy atom. The van der Waals surface area contributed by atoms with Crippen LogP contribution in [0.4, 0.5) is 24.5 Å². The smallest absolute Gasteiger partial charge is 0.318 e. The lowest BCUT2D eigenvalue weighted by molar-refractivity contribution is -0.138. The molecule has 1 saturated heterocycles. The van der Waals surface area contributed by atoms with Gasteiger partial charge in [0.1, 0.15) is 6.07 Å². The number of thiocarbonyl (C=S) groups is 1. The maximum atomic E-state index is 13.4. The molecule has 9 heteroatoms. The lowest BCUT2D eigenvalue weighted by Gasteiger charge is -2.30. The van der Waals surface area contributed by atoms with Gasteiger partial charge in [-0.3, -0.25) is 9.69 Å². The number of amides is 1. The molecule has 2 heterocycles. The van der Waals surface area contributed by atoms with Crippen molar-refractivity contribution in [1.82, 2.24) is 4.98 Å². The molecule has 1 fully saturated rings. The number of carbonyl (C=O) groups excluding carboxylic acids is 1. The van der Waals surface area contributed by atoms with Crippen LogP contribution in [0.1, 0.15) is 24.1 Å². The van der Waals surface area contributed by atoms with Crippen molar-refractivity contribution in [2.24, 2.45) is 0 Å². The molecule has 0 bridgehead atoms. The van der Waals surface area contributed by atoms with E-state index in [0.717, 1.165) is 33.6 Å². The predicted octanol–water partition coefficient (Wildman–Crippen LogP) is 5.04. The van der Waals surface area contributed by atoms with E-state index in [1.54, 1.807) is 4.90 Å². The molecule has 156 valence electrons. The van der Waals surface area contributed by atoms with E-state index >= 15 is 0 Å². The number of alkyl halides is 3. The number of nitrogens with zero attached hydrogens (tertiary/aromatic N) is 4. The molecule has 3 aromatic rings. The van der Waals surface area contributed by atoms with Gasteiger partial charge in [0.25, 0.3) is 0 Å². The second-order valence-electron chi connectivity index (χ2n) is 7.00. The average Bonchev–Trinajstić information content (AvgIpc) is 2.90. The molecule has 31 heavy (non-hydrogen) atoms. The summed E-state index contributed by atoms with van der Waals surface area (Å²) in [5, 5.41) is 11.1. The Balaban J connectivity index is 1.78. The highest BCUT2D eigenvalue weighted by Crippen LogP contribution is 2.35. The summed E-state index contributed by atoms with van der Waals surface area (Å²) in [5.74, 6) is -0.423. The van der Waals surface area contributed by atoms with Gasteiger partial charge < -0.3 is 4.90 Å². The lowest BCUT2D eigenvalue weighted by Crippen LogP contribution is -2.44. The van der Waals surface area contributed by atoms with Crippen molar-refractivity contribution in [2.75, 3.05) is 16.3 Å². The molecular formula is C22H15F3N4OS. The van der Waals surface area contributed by atoms with Gasteiger partial charge in [0.05, 0.1) is 17.4 Å². The number of pyridine rings is 1. The summed E-state index contributed by atoms with van der Waals surface area (Å²) >= 11 is 5.55. The van der Waals surface area contributed by atoms with Gasteiger partial charge in [-0.2, -0.15) is 18.4 Å². The maximum absolute atomic E-state index is 13.4. The monoisotopic (exact) mass is 440 g/mol. The number of aromatic nitrogens is 1. The summed E-state index contributed by atoms with van der Waals surface area (Å²) < 4.78 is 40.2. The first kappa shape index (κ1) is 20.8. The Hall–Kier alpha value is -3.51. The van der Waals surface area contributed by atoms with Gasteiger partial charge in [0.15, 0.2) is 10.8 Å². The van der Waals surface area contributed by atoms with Crippen molar-refractivity contribution >= 4 is 45.4 Å². The molecule has 0 atom stereocenters. The quantitative estimate of drug-likeness (QED) is 0.523. The molecule has 0 radical (unpaired) electrons. The number of hydrogen-bond acceptors (Lipinski definition) is 4. The first-order valence-corrected chi connectivity index (χ1v) is 9.81. The van der Waals surface area contributed by atoms with Crippen molar-refractivity contribution in [1.29, 1.82) is 5.26 Å². The second kappa shape index (κ2) is 7.96. The van der Waals surface area contributed by atoms with E-state index in [1.165, 1.54) is 6.07 Å². The summed E-state index contributed by atoms with van der Waals surface area (Å²) in [7, 11) is 0. The molecular weight excluding hydrogens is 425 g/mol. The normalized spacial score (nSPS) is 15.2. The van der Waals surface area contributed by atoms with Gasteiger partial charge in [-0.25, -0.2) is 4.98 Å². The van der Waals surface area contributed by atoms with Gasteiger partial charge in [-0.05, 0) is 47.6 Å². The third-order valence-electron chi connectivity index (χ3n) is 5.03. The fourth-order valence-corrected chi connectivity index (χ4v) is 3.95. The van der Waals surface area contributed by atoms with Crippen molar-refractivity contribution in [3.05, 3.63) is 66.0 Å². The third-order valence-corrected chi connectivity index (χ3v) is 5.43. The van der Waals surface area contributed by atoms with E-state index < -0.39 is 23.3 Å². The highest BCUT2D eigenvalue weighted by molar-refractivity contribution is 7.81. The Kier molecular flexibility index (Phi) is 5.33. The lowest BCUT2D eigenvalue weighted by atomic mass is 10.1. The fraction of sp³-hybridized carbons (Fsp3) is 0.182. The van der Waals surface area contributed by atoms with E-state index in [9.17, 15) is 18.0 Å². The minimum atomic E-state index is -4.79. The van der Waals surface area contributed by atoms with E-state index in [4.69, 9.17) is 17.5 Å². The Morgan fingerprint density at radius 1 is 1.06 bits per heavy atom. The average molecular weight is 440 g/mol. The number of rotatable bonds is 2. The van der Waals surface area contributed by atoms with E-state index in [-0.39, 0.29) is 17.2 Å². The maximum Gasteiger partial charge on any atom is 0.419 e. The van der Waals surface area contributed by atoms with Crippen LogP contribution in [-0.4, -0.2) is 22.5 Å². The van der Waals surface area contributed by atoms with Crippen molar-refractivity contribution in [2.45, 2.75) is 19.0 Å². The highest BCUT2D eigenvalue weighted by atomic mass is 32.1. The molecule has 4 rings (SSSR count). The summed E-state index contributed by atoms with van der Waals surface area (Å²) in [6, 6.07) is 15.7. The van der Waals surface area contributed by atoms with Gasteiger partial charge >= 0.3 is 6.18 Å². The Bertz CT molecular complexity index is 1240. The molecule has 5 nitrogen and oxygen atoms in total. The number of anilines is 2. The van der Waals surface area contributed by atoms with Gasteiger partial charge in [-0.1, -0.05) is 30.3 Å². The molecule has 1 aliphatic heterocycles. The predicted molar refractivity (Wildman–Crippen MR) is 115 cm³/mol. The van der Waals surface area contributed by atoms with Gasteiger partial charge in [0, 0.05) is 18.7 Å². The molecule has 1 amide bonds. The van der Waals surface area contributed by atoms with Crippen LogP contribution in [0.15, 0.2) is 54.7 Å². The number of fused-ring (bicyclic) bond motifs is 1. The van der Waals surface area contributed by atoms with E-state index in [0.29, 0.717) is 13.0 Å². The molecule has 0 N–H and O–H groups in total. The first-order chi connectivity index (χ1) is 14.8. The molecule has 1 aromatic heterocycles. The van der Waals surface area contributed by atoms with Crippen LogP contribution in [0, 0.1) is 11.3 Å². The van der Waals surface area contributed by atoms with Crippen LogP contribution in [0.5, 0.6) is 0 Å². The van der Waals surface area contributed by atoms with Crippen LogP contribution < -0.4 is 9.80 Å². The SMILES string of the molecule is N#Cc1ncc(N2C(=O)CCCN(c3ccc4ccccc4c3)C2=S)cc1C(F)(F)F. The minimum absolute atomic E-state index is 0.0670. The second-order valence-corrected chi connectivity index (χ2v) is 7.36. The topological polar surface area (TPSA) is 60.2 Å². The zero-order valence-electron chi connectivity index (χ0n) is 16.1. The fourth-order valence-electron chi connectivity index (χ4n) is 3.54. The Labute approximate surface area is 181 Å². The zero-order valence-corrected chi connectivity index (χ0v) is 16.9. The standard InChI is InChI=1S/C22H15F3N4OS/c23-22(24,25)18-11-17(13-27-19(18)12-26)29-20(30)6-3-9-28(21(29)31)16-8-7-14-4-1-2-5-15(14)10-16/h1-2,4-5,7-8,10-11,13H,3,6,9H2. The highest BCUT2D eigenvalue weighted by Gasteiger charge is 2.37. The molecule has 0 spiro atoms. The molecule has 0 saturated carbocycles. The minimum Gasteiger partial charge on any atom is -0.318 e. The van der Waals surface area contributed by atoms with Gasteiger partial charge in [-0.15, -0.1) is 0 Å². The van der Waals surface area contributed by atoms with E-state index in [1.807, 2.05) is 42.5 Å². The summed E-state index contributed by atoms with van der Waals surface area (Å²) in [5.41, 5.74) is -1.34. The number of nitriles is 1. The van der Waals surface area contributed by atoms with Crippen molar-refractivity contribution < 1.29 is 18.0 Å². The van der Waals surface area contributed by atoms with Crippen molar-refractivity contribution in [3.63, 3.8) is 0 Å². The largest absolute Gasteiger partial charge is 0.419 e. The van der Waals surface area contributed by atoms with Crippen LogP contribution in [0.3, 0.4) is 0 Å². The summed E-state index contributed by atoms with van der Waals surface area (Å²) in [6.07, 6.45) is -3.12. The zero-order chi connectivity index (χ0) is 22.2. The molecule has 0 unspecified atom stereocenters. The van der Waals surface area contributed by atoms with Crippen molar-refractivity contribution in [3.8, 4) is 6.07 Å². The molecule has 1 aliphatic rings.